The second-order valence-electron chi connectivity index (χ2n) is 1.96. The maximum atomic E-state index is 4.89. The largest absolute Gasteiger partial charge is 0.336 e. The highest BCUT2D eigenvalue weighted by atomic mass is 16.6. The first-order chi connectivity index (χ1) is 4.74. The Morgan fingerprint density at radius 1 is 1.70 bits per heavy atom. The Kier molecular flexibility index (Phi) is 1.98. The number of aromatic nitrogens is 2. The average Bonchev–Trinajstić information content (AvgIpc) is 2.34. The summed E-state index contributed by atoms with van der Waals surface area (Å²) in [5, 5.41) is 3.56. The van der Waals surface area contributed by atoms with Gasteiger partial charge in [-0.05, 0) is 13.8 Å². The topological polar surface area (TPSA) is 74.2 Å². The third-order valence-corrected chi connectivity index (χ3v) is 1.10. The monoisotopic (exact) mass is 143 g/mol. The van der Waals surface area contributed by atoms with Crippen LogP contribution in [-0.2, 0) is 4.84 Å². The molecule has 5 heteroatoms. The van der Waals surface area contributed by atoms with Crippen molar-refractivity contribution in [1.29, 1.82) is 0 Å². The Balaban J connectivity index is 2.74. The van der Waals surface area contributed by atoms with E-state index in [9.17, 15) is 0 Å². The zero-order valence-electron chi connectivity index (χ0n) is 5.87. The second-order valence-corrected chi connectivity index (χ2v) is 1.96. The SMILES string of the molecule is Cc1noc(C(C)ON)n1. The first kappa shape index (κ1) is 7.17. The van der Waals surface area contributed by atoms with Gasteiger partial charge < -0.3 is 4.52 Å². The van der Waals surface area contributed by atoms with Crippen molar-refractivity contribution in [1.82, 2.24) is 10.1 Å². The summed E-state index contributed by atoms with van der Waals surface area (Å²) in [4.78, 5) is 8.35. The first-order valence-electron chi connectivity index (χ1n) is 2.89. The molecule has 56 valence electrons. The summed E-state index contributed by atoms with van der Waals surface area (Å²) < 4.78 is 4.75. The number of hydrogen-bond acceptors (Lipinski definition) is 5. The van der Waals surface area contributed by atoms with Gasteiger partial charge in [-0.15, -0.1) is 0 Å². The summed E-state index contributed by atoms with van der Waals surface area (Å²) in [6.45, 7) is 3.46. The number of nitrogens with two attached hydrogens (primary N) is 1. The predicted molar refractivity (Wildman–Crippen MR) is 32.7 cm³/mol. The maximum absolute atomic E-state index is 4.89. The maximum Gasteiger partial charge on any atom is 0.257 e. The van der Waals surface area contributed by atoms with Crippen LogP contribution in [0.25, 0.3) is 0 Å². The highest BCUT2D eigenvalue weighted by Crippen LogP contribution is 2.10. The van der Waals surface area contributed by atoms with Gasteiger partial charge in [-0.25, -0.2) is 5.90 Å². The summed E-state index contributed by atoms with van der Waals surface area (Å²) >= 11 is 0. The Bertz CT molecular complexity index is 210. The summed E-state index contributed by atoms with van der Waals surface area (Å²) in [5.41, 5.74) is 0. The molecule has 0 bridgehead atoms. The molecule has 1 aromatic heterocycles. The third-order valence-electron chi connectivity index (χ3n) is 1.10. The van der Waals surface area contributed by atoms with Gasteiger partial charge in [0.25, 0.3) is 5.89 Å². The molecule has 1 atom stereocenters. The van der Waals surface area contributed by atoms with Crippen LogP contribution in [0.1, 0.15) is 24.7 Å². The molecule has 10 heavy (non-hydrogen) atoms. The van der Waals surface area contributed by atoms with Crippen LogP contribution in [-0.4, -0.2) is 10.1 Å². The van der Waals surface area contributed by atoms with Gasteiger partial charge in [0.2, 0.25) is 0 Å². The molecule has 1 rings (SSSR count). The normalized spacial score (nSPS) is 13.5. The van der Waals surface area contributed by atoms with Crippen molar-refractivity contribution in [2.75, 3.05) is 0 Å². The lowest BCUT2D eigenvalue weighted by Crippen LogP contribution is -2.05. The van der Waals surface area contributed by atoms with Gasteiger partial charge in [0.05, 0.1) is 0 Å². The first-order valence-corrected chi connectivity index (χ1v) is 2.89. The van der Waals surface area contributed by atoms with Crippen molar-refractivity contribution in [3.8, 4) is 0 Å². The van der Waals surface area contributed by atoms with E-state index in [-0.39, 0.29) is 6.10 Å². The molecule has 0 aromatic carbocycles. The highest BCUT2D eigenvalue weighted by molar-refractivity contribution is 4.85. The van der Waals surface area contributed by atoms with Crippen LogP contribution in [0.4, 0.5) is 0 Å². The Morgan fingerprint density at radius 3 is 2.80 bits per heavy atom. The zero-order valence-corrected chi connectivity index (χ0v) is 5.87. The van der Waals surface area contributed by atoms with Gasteiger partial charge in [-0.1, -0.05) is 5.16 Å². The van der Waals surface area contributed by atoms with Crippen molar-refractivity contribution >= 4 is 0 Å². The van der Waals surface area contributed by atoms with Crippen LogP contribution in [0, 0.1) is 6.92 Å². The summed E-state index contributed by atoms with van der Waals surface area (Å²) in [7, 11) is 0. The summed E-state index contributed by atoms with van der Waals surface area (Å²) in [6, 6.07) is 0. The molecule has 5 nitrogen and oxygen atoms in total. The van der Waals surface area contributed by atoms with Crippen molar-refractivity contribution in [3.05, 3.63) is 11.7 Å². The van der Waals surface area contributed by atoms with E-state index in [1.54, 1.807) is 13.8 Å². The van der Waals surface area contributed by atoms with Gasteiger partial charge in [0.15, 0.2) is 11.9 Å². The predicted octanol–water partition coefficient (Wildman–Crippen LogP) is 0.329. The smallest absolute Gasteiger partial charge is 0.257 e. The minimum absolute atomic E-state index is 0.332. The molecule has 0 radical (unpaired) electrons. The molecule has 0 aliphatic carbocycles. The lowest BCUT2D eigenvalue weighted by Gasteiger charge is -1.99. The van der Waals surface area contributed by atoms with E-state index < -0.39 is 0 Å². The molecule has 0 amide bonds. The Hall–Kier alpha value is -0.940. The van der Waals surface area contributed by atoms with Crippen LogP contribution < -0.4 is 5.90 Å². The van der Waals surface area contributed by atoms with Gasteiger partial charge in [-0.3, -0.25) is 4.84 Å². The molecule has 0 saturated heterocycles. The zero-order chi connectivity index (χ0) is 7.56. The standard InChI is InChI=1S/C5H9N3O2/c1-3(9-6)5-7-4(2)8-10-5/h3H,6H2,1-2H3. The molecule has 1 unspecified atom stereocenters. The molecular formula is C5H9N3O2. The lowest BCUT2D eigenvalue weighted by atomic mass is 10.4. The van der Waals surface area contributed by atoms with Crippen molar-refractivity contribution in [2.45, 2.75) is 20.0 Å². The number of rotatable bonds is 2. The van der Waals surface area contributed by atoms with Gasteiger partial charge in [0, 0.05) is 0 Å². The van der Waals surface area contributed by atoms with E-state index in [1.165, 1.54) is 0 Å². The molecule has 0 aliphatic rings. The lowest BCUT2D eigenvalue weighted by molar-refractivity contribution is 0.0427. The molecule has 0 fully saturated rings. The van der Waals surface area contributed by atoms with Gasteiger partial charge in [-0.2, -0.15) is 4.98 Å². The van der Waals surface area contributed by atoms with Crippen molar-refractivity contribution < 1.29 is 9.36 Å². The van der Waals surface area contributed by atoms with Crippen LogP contribution in [0.15, 0.2) is 4.52 Å². The van der Waals surface area contributed by atoms with Gasteiger partial charge in [0.1, 0.15) is 0 Å². The van der Waals surface area contributed by atoms with Gasteiger partial charge >= 0.3 is 0 Å². The fourth-order valence-electron chi connectivity index (χ4n) is 0.536. The minimum Gasteiger partial charge on any atom is -0.336 e. The molecule has 1 heterocycles. The van der Waals surface area contributed by atoms with Crippen molar-refractivity contribution in [3.63, 3.8) is 0 Å². The van der Waals surface area contributed by atoms with E-state index in [1.807, 2.05) is 0 Å². The number of nitrogens with zero attached hydrogens (tertiary/aromatic N) is 2. The van der Waals surface area contributed by atoms with E-state index in [0.29, 0.717) is 11.7 Å². The minimum atomic E-state index is -0.332. The van der Waals surface area contributed by atoms with Crippen LogP contribution in [0.2, 0.25) is 0 Å². The molecule has 1 aromatic rings. The quantitative estimate of drug-likeness (QED) is 0.604. The van der Waals surface area contributed by atoms with Crippen LogP contribution in [0.3, 0.4) is 0 Å². The number of hydrogen-bond donors (Lipinski definition) is 1. The Morgan fingerprint density at radius 2 is 2.40 bits per heavy atom. The fourth-order valence-corrected chi connectivity index (χ4v) is 0.536. The van der Waals surface area contributed by atoms with Crippen LogP contribution in [0.5, 0.6) is 0 Å². The fraction of sp³-hybridized carbons (Fsp3) is 0.600. The van der Waals surface area contributed by atoms with E-state index >= 15 is 0 Å². The highest BCUT2D eigenvalue weighted by Gasteiger charge is 2.11. The summed E-state index contributed by atoms with van der Waals surface area (Å²) in [6.07, 6.45) is -0.332. The van der Waals surface area contributed by atoms with Crippen molar-refractivity contribution in [2.24, 2.45) is 5.90 Å². The molecule has 0 aliphatic heterocycles. The van der Waals surface area contributed by atoms with Crippen LogP contribution >= 0.6 is 0 Å². The summed E-state index contributed by atoms with van der Waals surface area (Å²) in [5.74, 6) is 5.87. The molecular weight excluding hydrogens is 134 g/mol. The molecule has 2 N–H and O–H groups in total. The second kappa shape index (κ2) is 2.76. The number of aryl methyl sites for hydroxylation is 1. The van der Waals surface area contributed by atoms with E-state index in [0.717, 1.165) is 0 Å². The molecule has 0 spiro atoms. The average molecular weight is 143 g/mol. The van der Waals surface area contributed by atoms with E-state index in [2.05, 4.69) is 15.0 Å². The Labute approximate surface area is 58.1 Å². The third kappa shape index (κ3) is 1.31. The molecule has 0 saturated carbocycles. The van der Waals surface area contributed by atoms with E-state index in [4.69, 9.17) is 10.4 Å².